The molecule has 0 bridgehead atoms. The summed E-state index contributed by atoms with van der Waals surface area (Å²) in [5, 5.41) is 5.43. The number of benzene rings is 2. The number of ketones is 1. The van der Waals surface area contributed by atoms with Crippen LogP contribution in [-0.2, 0) is 32.0 Å². The van der Waals surface area contributed by atoms with Crippen molar-refractivity contribution >= 4 is 29.5 Å². The summed E-state index contributed by atoms with van der Waals surface area (Å²) in [7, 11) is 1.52. The first-order valence-electron chi connectivity index (χ1n) is 12.0. The fourth-order valence-corrected chi connectivity index (χ4v) is 5.30. The second-order valence-electron chi connectivity index (χ2n) is 8.51. The minimum atomic E-state index is -0.993. The van der Waals surface area contributed by atoms with Gasteiger partial charge in [-0.15, -0.1) is 0 Å². The molecular weight excluding hydrogens is 482 g/mol. The van der Waals surface area contributed by atoms with Crippen LogP contribution in [0.25, 0.3) is 0 Å². The topological polar surface area (TPSA) is 106 Å². The van der Waals surface area contributed by atoms with E-state index in [4.69, 9.17) is 14.2 Å². The molecule has 2 aromatic carbocycles. The number of nitrogens with zero attached hydrogens (tertiary/aromatic N) is 1. The molecule has 2 aliphatic rings. The van der Waals surface area contributed by atoms with Gasteiger partial charge in [0.1, 0.15) is 25.3 Å². The van der Waals surface area contributed by atoms with Crippen LogP contribution in [0.4, 0.5) is 0 Å². The van der Waals surface area contributed by atoms with E-state index in [1.165, 1.54) is 19.1 Å². The summed E-state index contributed by atoms with van der Waals surface area (Å²) in [6.07, 6.45) is 0.662. The van der Waals surface area contributed by atoms with Gasteiger partial charge in [-0.05, 0) is 41.6 Å². The van der Waals surface area contributed by atoms with Gasteiger partial charge in [-0.1, -0.05) is 37.3 Å². The van der Waals surface area contributed by atoms with Crippen molar-refractivity contribution in [2.24, 2.45) is 0 Å². The SMILES string of the molecule is CCN1Sc2cc3c(cc2CC1C(=O)NC(Cc1ccccc1)C(=O)C(=O)NCCOC)OCCO3. The maximum atomic E-state index is 13.5. The molecule has 2 amide bonds. The molecule has 0 aliphatic carbocycles. The molecule has 2 atom stereocenters. The van der Waals surface area contributed by atoms with Crippen LogP contribution in [0.3, 0.4) is 0 Å². The molecule has 2 heterocycles. The fourth-order valence-electron chi connectivity index (χ4n) is 4.20. The Bertz CT molecular complexity index is 1100. The molecule has 10 heteroatoms. The minimum Gasteiger partial charge on any atom is -0.486 e. The Morgan fingerprint density at radius 3 is 2.56 bits per heavy atom. The summed E-state index contributed by atoms with van der Waals surface area (Å²) < 4.78 is 18.3. The number of ether oxygens (including phenoxy) is 3. The summed E-state index contributed by atoms with van der Waals surface area (Å²) >= 11 is 1.48. The molecule has 2 N–H and O–H groups in total. The predicted molar refractivity (Wildman–Crippen MR) is 135 cm³/mol. The van der Waals surface area contributed by atoms with E-state index in [1.807, 2.05) is 53.7 Å². The lowest BCUT2D eigenvalue weighted by Gasteiger charge is -2.35. The quantitative estimate of drug-likeness (QED) is 0.281. The Hall–Kier alpha value is -3.08. The molecule has 0 saturated heterocycles. The van der Waals surface area contributed by atoms with E-state index in [9.17, 15) is 14.4 Å². The van der Waals surface area contributed by atoms with Crippen molar-refractivity contribution in [3.8, 4) is 11.5 Å². The third kappa shape index (κ3) is 6.18. The minimum absolute atomic E-state index is 0.211. The number of carbonyl (C=O) groups excluding carboxylic acids is 3. The van der Waals surface area contributed by atoms with Gasteiger partial charge in [0.15, 0.2) is 11.5 Å². The lowest BCUT2D eigenvalue weighted by atomic mass is 9.99. The van der Waals surface area contributed by atoms with E-state index >= 15 is 0 Å². The van der Waals surface area contributed by atoms with Gasteiger partial charge in [0.25, 0.3) is 5.91 Å². The number of Topliss-reactive ketones (excluding diaryl/α,β-unsaturated/α-hetero) is 1. The molecule has 2 aliphatic heterocycles. The van der Waals surface area contributed by atoms with E-state index in [1.54, 1.807) is 0 Å². The summed E-state index contributed by atoms with van der Waals surface area (Å²) in [6, 6.07) is 11.7. The molecular formula is C26H31N3O6S. The average Bonchev–Trinajstić information content (AvgIpc) is 2.90. The predicted octanol–water partition coefficient (Wildman–Crippen LogP) is 1.77. The zero-order valence-electron chi connectivity index (χ0n) is 20.5. The smallest absolute Gasteiger partial charge is 0.289 e. The van der Waals surface area contributed by atoms with Crippen LogP contribution < -0.4 is 20.1 Å². The van der Waals surface area contributed by atoms with Crippen molar-refractivity contribution in [3.63, 3.8) is 0 Å². The molecule has 0 saturated carbocycles. The van der Waals surface area contributed by atoms with Gasteiger partial charge in [0, 0.05) is 31.5 Å². The van der Waals surface area contributed by atoms with Gasteiger partial charge >= 0.3 is 0 Å². The number of hydrogen-bond acceptors (Lipinski definition) is 8. The van der Waals surface area contributed by atoms with Gasteiger partial charge in [0.2, 0.25) is 11.7 Å². The standard InChI is InChI=1S/C26H31N3O6S/c1-3-29-20(14-18-15-21-22(16-23(18)36-29)35-12-11-34-21)25(31)28-19(13-17-7-5-4-6-8-17)24(30)26(32)27-9-10-33-2/h4-8,15-16,19-20H,3,9-14H2,1-2H3,(H,27,32)(H,28,31). The Morgan fingerprint density at radius 2 is 1.86 bits per heavy atom. The highest BCUT2D eigenvalue weighted by Crippen LogP contribution is 2.42. The van der Waals surface area contributed by atoms with Gasteiger partial charge < -0.3 is 24.8 Å². The van der Waals surface area contributed by atoms with Crippen LogP contribution in [0.2, 0.25) is 0 Å². The molecule has 4 rings (SSSR count). The van der Waals surface area contributed by atoms with E-state index in [0.29, 0.717) is 37.7 Å². The number of rotatable bonds is 10. The van der Waals surface area contributed by atoms with E-state index < -0.39 is 23.8 Å². The van der Waals surface area contributed by atoms with Gasteiger partial charge in [-0.25, -0.2) is 4.31 Å². The number of methoxy groups -OCH3 is 1. The zero-order chi connectivity index (χ0) is 25.5. The number of fused-ring (bicyclic) bond motifs is 2. The Kier molecular flexibility index (Phi) is 8.84. The average molecular weight is 514 g/mol. The zero-order valence-corrected chi connectivity index (χ0v) is 21.3. The van der Waals surface area contributed by atoms with Gasteiger partial charge in [-0.2, -0.15) is 0 Å². The highest BCUT2D eigenvalue weighted by atomic mass is 32.2. The number of amides is 2. The lowest BCUT2D eigenvalue weighted by molar-refractivity contribution is -0.140. The first-order valence-corrected chi connectivity index (χ1v) is 12.8. The maximum Gasteiger partial charge on any atom is 0.289 e. The molecule has 0 radical (unpaired) electrons. The van der Waals surface area contributed by atoms with Crippen LogP contribution >= 0.6 is 11.9 Å². The largest absolute Gasteiger partial charge is 0.486 e. The molecule has 9 nitrogen and oxygen atoms in total. The third-order valence-corrected chi connectivity index (χ3v) is 7.37. The number of likely N-dealkylation sites (N-methyl/N-ethyl adjacent to an activating group) is 1. The molecule has 0 aromatic heterocycles. The molecule has 0 spiro atoms. The first kappa shape index (κ1) is 26.0. The number of nitrogens with one attached hydrogen (secondary N) is 2. The van der Waals surface area contributed by atoms with Crippen molar-refractivity contribution in [2.45, 2.75) is 36.7 Å². The Labute approximate surface area is 215 Å². The highest BCUT2D eigenvalue weighted by Gasteiger charge is 2.36. The van der Waals surface area contributed by atoms with E-state index in [-0.39, 0.29) is 25.5 Å². The molecule has 0 fully saturated rings. The molecule has 192 valence electrons. The summed E-state index contributed by atoms with van der Waals surface area (Å²) in [6.45, 7) is 4.09. The Balaban J connectivity index is 1.52. The van der Waals surface area contributed by atoms with Crippen LogP contribution in [0.5, 0.6) is 11.5 Å². The molecule has 2 aromatic rings. The Morgan fingerprint density at radius 1 is 1.14 bits per heavy atom. The van der Waals surface area contributed by atoms with Crippen LogP contribution in [0.15, 0.2) is 47.4 Å². The normalized spacial score (nSPS) is 17.6. The van der Waals surface area contributed by atoms with Crippen molar-refractivity contribution in [1.82, 2.24) is 14.9 Å². The van der Waals surface area contributed by atoms with E-state index in [2.05, 4.69) is 10.6 Å². The first-order chi connectivity index (χ1) is 17.5. The van der Waals surface area contributed by atoms with Crippen LogP contribution in [-0.4, -0.2) is 74.0 Å². The summed E-state index contributed by atoms with van der Waals surface area (Å²) in [4.78, 5) is 40.1. The van der Waals surface area contributed by atoms with Crippen molar-refractivity contribution in [3.05, 3.63) is 53.6 Å². The summed E-state index contributed by atoms with van der Waals surface area (Å²) in [5.74, 6) is -0.347. The van der Waals surface area contributed by atoms with Gasteiger partial charge in [0.05, 0.1) is 6.61 Å². The van der Waals surface area contributed by atoms with Crippen LogP contribution in [0.1, 0.15) is 18.1 Å². The van der Waals surface area contributed by atoms with Crippen molar-refractivity contribution < 1.29 is 28.6 Å². The lowest BCUT2D eigenvalue weighted by Crippen LogP contribution is -2.54. The monoisotopic (exact) mass is 513 g/mol. The maximum absolute atomic E-state index is 13.5. The number of hydrogen-bond donors (Lipinski definition) is 2. The fraction of sp³-hybridized carbons (Fsp3) is 0.423. The highest BCUT2D eigenvalue weighted by molar-refractivity contribution is 7.97. The number of carbonyl (C=O) groups is 3. The summed E-state index contributed by atoms with van der Waals surface area (Å²) in [5.41, 5.74) is 1.83. The van der Waals surface area contributed by atoms with Crippen LogP contribution in [0, 0.1) is 0 Å². The second-order valence-corrected chi connectivity index (χ2v) is 9.60. The molecule has 2 unspecified atom stereocenters. The second kappa shape index (κ2) is 12.2. The third-order valence-electron chi connectivity index (χ3n) is 6.05. The van der Waals surface area contributed by atoms with E-state index in [0.717, 1.165) is 16.0 Å². The van der Waals surface area contributed by atoms with Crippen molar-refractivity contribution in [2.75, 3.05) is 40.0 Å². The van der Waals surface area contributed by atoms with Gasteiger partial charge in [-0.3, -0.25) is 14.4 Å². The van der Waals surface area contributed by atoms with Crippen molar-refractivity contribution in [1.29, 1.82) is 0 Å². The molecule has 36 heavy (non-hydrogen) atoms.